The predicted octanol–water partition coefficient (Wildman–Crippen LogP) is 12.7. The van der Waals surface area contributed by atoms with Gasteiger partial charge in [-0.25, -0.2) is 15.0 Å². The Morgan fingerprint density at radius 2 is 1.12 bits per heavy atom. The quantitative estimate of drug-likeness (QED) is 0.189. The lowest BCUT2D eigenvalue weighted by atomic mass is 10.0. The fourth-order valence-electron chi connectivity index (χ4n) is 7.22. The van der Waals surface area contributed by atoms with E-state index in [0.29, 0.717) is 17.5 Å². The van der Waals surface area contributed by atoms with Crippen LogP contribution in [0.15, 0.2) is 144 Å². The Hall–Kier alpha value is -5.95. The molecular formula is C43H23N3OS2. The molecule has 6 heteroatoms. The highest BCUT2D eigenvalue weighted by atomic mass is 32.1. The van der Waals surface area contributed by atoms with Crippen LogP contribution in [-0.4, -0.2) is 15.0 Å². The molecule has 0 N–H and O–H groups in total. The van der Waals surface area contributed by atoms with Gasteiger partial charge in [0.25, 0.3) is 0 Å². The lowest BCUT2D eigenvalue weighted by Crippen LogP contribution is -2.00. The summed E-state index contributed by atoms with van der Waals surface area (Å²) < 4.78 is 11.4. The van der Waals surface area contributed by atoms with E-state index in [2.05, 4.69) is 109 Å². The fourth-order valence-corrected chi connectivity index (χ4v) is 9.71. The van der Waals surface area contributed by atoms with Gasteiger partial charge in [0.15, 0.2) is 17.5 Å². The van der Waals surface area contributed by atoms with Gasteiger partial charge in [0.05, 0.1) is 4.70 Å². The number of hydrogen-bond donors (Lipinski definition) is 0. The second-order valence-electron chi connectivity index (χ2n) is 12.4. The standard InChI is InChI=1S/C43H23N3OS2/c1-2-11-25(12-3-1)41-44-42(26-19-20-29-30-21-18-24-10-4-5-13-27(24)39(30)49-36(29)22-26)46-43(45-41)33-23-32-28-14-6-8-16-34(28)47-38(32)37-31-15-7-9-17-35(31)48-40(33)37/h1-23H. The molecule has 0 saturated heterocycles. The SMILES string of the molecule is c1ccc(-c2nc(-c3ccc4c(c3)sc3c5ccccc5ccc43)nc(-c3cc4c5ccccc5oc4c4c3sc3ccccc34)n2)cc1. The van der Waals surface area contributed by atoms with Crippen LogP contribution in [0.3, 0.4) is 0 Å². The van der Waals surface area contributed by atoms with Crippen LogP contribution in [0.4, 0.5) is 0 Å². The number of hydrogen-bond acceptors (Lipinski definition) is 6. The van der Waals surface area contributed by atoms with Crippen molar-refractivity contribution in [2.75, 3.05) is 0 Å². The van der Waals surface area contributed by atoms with E-state index in [1.807, 2.05) is 41.7 Å². The molecule has 11 aromatic rings. The number of benzene rings is 7. The summed E-state index contributed by atoms with van der Waals surface area (Å²) in [6.07, 6.45) is 0. The molecule has 49 heavy (non-hydrogen) atoms. The van der Waals surface area contributed by atoms with Crippen LogP contribution in [0.1, 0.15) is 0 Å². The van der Waals surface area contributed by atoms with Crippen molar-refractivity contribution >= 4 is 95.7 Å². The van der Waals surface area contributed by atoms with E-state index in [-0.39, 0.29) is 0 Å². The lowest BCUT2D eigenvalue weighted by molar-refractivity contribution is 0.673. The largest absolute Gasteiger partial charge is 0.455 e. The molecule has 0 aliphatic heterocycles. The lowest BCUT2D eigenvalue weighted by Gasteiger charge is -2.10. The van der Waals surface area contributed by atoms with Gasteiger partial charge in [-0.3, -0.25) is 0 Å². The Kier molecular flexibility index (Phi) is 5.67. The van der Waals surface area contributed by atoms with E-state index in [0.717, 1.165) is 48.7 Å². The minimum absolute atomic E-state index is 0.648. The van der Waals surface area contributed by atoms with Gasteiger partial charge in [-0.1, -0.05) is 115 Å². The highest BCUT2D eigenvalue weighted by Crippen LogP contribution is 2.46. The number of nitrogens with zero attached hydrogens (tertiary/aromatic N) is 3. The highest BCUT2D eigenvalue weighted by molar-refractivity contribution is 7.27. The third kappa shape index (κ3) is 4.05. The second kappa shape index (κ2) is 10.3. The first-order valence-electron chi connectivity index (χ1n) is 16.2. The zero-order chi connectivity index (χ0) is 32.1. The van der Waals surface area contributed by atoms with Gasteiger partial charge in [0.1, 0.15) is 11.2 Å². The Morgan fingerprint density at radius 1 is 0.429 bits per heavy atom. The molecular weight excluding hydrogens is 639 g/mol. The van der Waals surface area contributed by atoms with Crippen LogP contribution in [0.5, 0.6) is 0 Å². The molecule has 11 rings (SSSR count). The molecule has 0 saturated carbocycles. The summed E-state index contributed by atoms with van der Waals surface area (Å²) in [6, 6.07) is 48.9. The minimum atomic E-state index is 0.648. The molecule has 0 unspecified atom stereocenters. The molecule has 7 aromatic carbocycles. The molecule has 0 atom stereocenters. The minimum Gasteiger partial charge on any atom is -0.455 e. The van der Waals surface area contributed by atoms with Gasteiger partial charge in [-0.15, -0.1) is 22.7 Å². The van der Waals surface area contributed by atoms with Crippen LogP contribution in [0, 0.1) is 0 Å². The maximum absolute atomic E-state index is 6.56. The molecule has 0 bridgehead atoms. The van der Waals surface area contributed by atoms with Crippen molar-refractivity contribution in [2.45, 2.75) is 0 Å². The van der Waals surface area contributed by atoms with Crippen molar-refractivity contribution < 1.29 is 4.42 Å². The first-order valence-corrected chi connectivity index (χ1v) is 17.8. The Morgan fingerprint density at radius 3 is 2.02 bits per heavy atom. The van der Waals surface area contributed by atoms with Crippen molar-refractivity contribution in [2.24, 2.45) is 0 Å². The van der Waals surface area contributed by atoms with Crippen LogP contribution < -0.4 is 0 Å². The normalized spacial score (nSPS) is 12.1. The summed E-state index contributed by atoms with van der Waals surface area (Å²) in [4.78, 5) is 15.5. The smallest absolute Gasteiger partial charge is 0.165 e. The third-order valence-corrected chi connectivity index (χ3v) is 11.9. The first-order chi connectivity index (χ1) is 24.3. The maximum Gasteiger partial charge on any atom is 0.165 e. The third-order valence-electron chi connectivity index (χ3n) is 9.52. The molecule has 0 aliphatic carbocycles. The second-order valence-corrected chi connectivity index (χ2v) is 14.5. The number of thiophene rings is 2. The van der Waals surface area contributed by atoms with Gasteiger partial charge in [0.2, 0.25) is 0 Å². The summed E-state index contributed by atoms with van der Waals surface area (Å²) in [5.41, 5.74) is 4.66. The van der Waals surface area contributed by atoms with E-state index in [1.165, 1.54) is 41.0 Å². The van der Waals surface area contributed by atoms with E-state index >= 15 is 0 Å². The zero-order valence-electron chi connectivity index (χ0n) is 25.8. The average molecular weight is 662 g/mol. The van der Waals surface area contributed by atoms with Crippen molar-refractivity contribution in [1.29, 1.82) is 0 Å². The number of fused-ring (bicyclic) bond motifs is 12. The van der Waals surface area contributed by atoms with E-state index in [4.69, 9.17) is 19.4 Å². The first kappa shape index (κ1) is 27.0. The summed E-state index contributed by atoms with van der Waals surface area (Å²) in [5.74, 6) is 1.95. The molecule has 4 heterocycles. The van der Waals surface area contributed by atoms with Gasteiger partial charge >= 0.3 is 0 Å². The molecule has 0 fully saturated rings. The average Bonchev–Trinajstić information content (AvgIpc) is 3.86. The number of para-hydroxylation sites is 1. The summed E-state index contributed by atoms with van der Waals surface area (Å²) in [7, 11) is 0. The monoisotopic (exact) mass is 661 g/mol. The van der Waals surface area contributed by atoms with Crippen LogP contribution in [0.25, 0.3) is 107 Å². The number of aromatic nitrogens is 3. The van der Waals surface area contributed by atoms with Crippen molar-refractivity contribution in [3.8, 4) is 34.2 Å². The van der Waals surface area contributed by atoms with E-state index in [9.17, 15) is 0 Å². The summed E-state index contributed by atoms with van der Waals surface area (Å²) in [5, 5.41) is 9.48. The maximum atomic E-state index is 6.56. The van der Waals surface area contributed by atoms with Crippen molar-refractivity contribution in [1.82, 2.24) is 15.0 Å². The van der Waals surface area contributed by atoms with Gasteiger partial charge < -0.3 is 4.42 Å². The topological polar surface area (TPSA) is 51.8 Å². The Bertz CT molecular complexity index is 3120. The Balaban J connectivity index is 1.20. The zero-order valence-corrected chi connectivity index (χ0v) is 27.5. The summed E-state index contributed by atoms with van der Waals surface area (Å²) >= 11 is 3.59. The molecule has 0 amide bonds. The molecule has 228 valence electrons. The van der Waals surface area contributed by atoms with Gasteiger partial charge in [-0.2, -0.15) is 0 Å². The van der Waals surface area contributed by atoms with Crippen LogP contribution in [-0.2, 0) is 0 Å². The van der Waals surface area contributed by atoms with Crippen molar-refractivity contribution in [3.05, 3.63) is 140 Å². The molecule has 0 spiro atoms. The fraction of sp³-hybridized carbons (Fsp3) is 0. The molecule has 0 aliphatic rings. The predicted molar refractivity (Wildman–Crippen MR) is 207 cm³/mol. The van der Waals surface area contributed by atoms with Crippen LogP contribution in [0.2, 0.25) is 0 Å². The summed E-state index contributed by atoms with van der Waals surface area (Å²) in [6.45, 7) is 0. The molecule has 0 radical (unpaired) electrons. The molecule has 4 aromatic heterocycles. The van der Waals surface area contributed by atoms with Gasteiger partial charge in [0, 0.05) is 63.1 Å². The highest BCUT2D eigenvalue weighted by Gasteiger charge is 2.22. The van der Waals surface area contributed by atoms with Crippen molar-refractivity contribution in [3.63, 3.8) is 0 Å². The molecule has 4 nitrogen and oxygen atoms in total. The number of rotatable bonds is 3. The van der Waals surface area contributed by atoms with E-state index < -0.39 is 0 Å². The Labute approximate surface area is 287 Å². The van der Waals surface area contributed by atoms with Gasteiger partial charge in [-0.05, 0) is 35.0 Å². The van der Waals surface area contributed by atoms with E-state index in [1.54, 1.807) is 11.3 Å². The van der Waals surface area contributed by atoms with Crippen LogP contribution >= 0.6 is 22.7 Å². The number of furan rings is 1.